The van der Waals surface area contributed by atoms with Crippen molar-refractivity contribution in [2.75, 3.05) is 0 Å². The molecule has 4 aromatic rings. The number of hydrogen-bond acceptors (Lipinski definition) is 3. The molecule has 0 saturated carbocycles. The first-order valence-electron chi connectivity index (χ1n) is 8.79. The van der Waals surface area contributed by atoms with E-state index in [0.717, 1.165) is 28.1 Å². The monoisotopic (exact) mass is 358 g/mol. The minimum atomic E-state index is -0.252. The van der Waals surface area contributed by atoms with Crippen molar-refractivity contribution in [1.82, 2.24) is 20.1 Å². The third-order valence-corrected chi connectivity index (χ3v) is 4.30. The number of pyridine rings is 1. The van der Waals surface area contributed by atoms with E-state index in [-0.39, 0.29) is 5.82 Å². The zero-order valence-electron chi connectivity index (χ0n) is 14.7. The molecule has 0 spiro atoms. The van der Waals surface area contributed by atoms with Gasteiger partial charge in [-0.1, -0.05) is 24.3 Å². The SMILES string of the molecule is Fc1ccc(-c2nn(-c3ccccc3)cc2CNCc2cccnc2)cc1. The zero-order valence-corrected chi connectivity index (χ0v) is 14.7. The van der Waals surface area contributed by atoms with Gasteiger partial charge in [0.15, 0.2) is 0 Å². The summed E-state index contributed by atoms with van der Waals surface area (Å²) in [5, 5.41) is 8.18. The average Bonchev–Trinajstić information content (AvgIpc) is 3.14. The van der Waals surface area contributed by atoms with E-state index in [1.807, 2.05) is 59.5 Å². The lowest BCUT2D eigenvalue weighted by molar-refractivity contribution is 0.628. The van der Waals surface area contributed by atoms with Crippen molar-refractivity contribution >= 4 is 0 Å². The molecule has 5 heteroatoms. The first-order valence-corrected chi connectivity index (χ1v) is 8.79. The highest BCUT2D eigenvalue weighted by Crippen LogP contribution is 2.24. The van der Waals surface area contributed by atoms with Crippen molar-refractivity contribution in [3.05, 3.63) is 102 Å². The van der Waals surface area contributed by atoms with Crippen LogP contribution in [0.3, 0.4) is 0 Å². The normalized spacial score (nSPS) is 10.9. The van der Waals surface area contributed by atoms with Gasteiger partial charge in [0, 0.05) is 42.8 Å². The molecule has 0 radical (unpaired) electrons. The Morgan fingerprint density at radius 3 is 2.44 bits per heavy atom. The zero-order chi connectivity index (χ0) is 18.5. The van der Waals surface area contributed by atoms with Crippen molar-refractivity contribution in [3.63, 3.8) is 0 Å². The second-order valence-electron chi connectivity index (χ2n) is 6.25. The van der Waals surface area contributed by atoms with Crippen LogP contribution in [0.25, 0.3) is 16.9 Å². The molecular formula is C22H19FN4. The van der Waals surface area contributed by atoms with E-state index in [0.29, 0.717) is 13.1 Å². The predicted octanol–water partition coefficient (Wildman–Crippen LogP) is 4.36. The topological polar surface area (TPSA) is 42.7 Å². The fourth-order valence-corrected chi connectivity index (χ4v) is 2.95. The van der Waals surface area contributed by atoms with E-state index in [1.165, 1.54) is 12.1 Å². The molecule has 0 aliphatic heterocycles. The minimum absolute atomic E-state index is 0.252. The Labute approximate surface area is 157 Å². The minimum Gasteiger partial charge on any atom is -0.308 e. The lowest BCUT2D eigenvalue weighted by atomic mass is 10.1. The molecule has 1 N–H and O–H groups in total. The highest BCUT2D eigenvalue weighted by atomic mass is 19.1. The van der Waals surface area contributed by atoms with Crippen molar-refractivity contribution in [1.29, 1.82) is 0 Å². The molecule has 4 nitrogen and oxygen atoms in total. The molecule has 4 rings (SSSR count). The molecule has 0 aliphatic carbocycles. The highest BCUT2D eigenvalue weighted by Gasteiger charge is 2.12. The number of nitrogens with one attached hydrogen (secondary N) is 1. The molecule has 2 aromatic carbocycles. The van der Waals surface area contributed by atoms with Gasteiger partial charge in [-0.25, -0.2) is 9.07 Å². The van der Waals surface area contributed by atoms with Crippen LogP contribution >= 0.6 is 0 Å². The highest BCUT2D eigenvalue weighted by molar-refractivity contribution is 5.63. The van der Waals surface area contributed by atoms with E-state index in [4.69, 9.17) is 5.10 Å². The molecule has 27 heavy (non-hydrogen) atoms. The van der Waals surface area contributed by atoms with E-state index in [9.17, 15) is 4.39 Å². The summed E-state index contributed by atoms with van der Waals surface area (Å²) in [6, 6.07) is 20.4. The fourth-order valence-electron chi connectivity index (χ4n) is 2.95. The number of benzene rings is 2. The van der Waals surface area contributed by atoms with Crippen molar-refractivity contribution in [2.24, 2.45) is 0 Å². The quantitative estimate of drug-likeness (QED) is 0.557. The third kappa shape index (κ3) is 4.10. The van der Waals surface area contributed by atoms with Crippen molar-refractivity contribution in [2.45, 2.75) is 13.1 Å². The number of rotatable bonds is 6. The maximum atomic E-state index is 13.3. The summed E-state index contributed by atoms with van der Waals surface area (Å²) in [7, 11) is 0. The Bertz CT molecular complexity index is 996. The van der Waals surface area contributed by atoms with Crippen LogP contribution in [0, 0.1) is 5.82 Å². The number of nitrogens with zero attached hydrogens (tertiary/aromatic N) is 3. The van der Waals surface area contributed by atoms with E-state index >= 15 is 0 Å². The standard InChI is InChI=1S/C22H19FN4/c23-20-10-8-18(9-11-20)22-19(15-25-14-17-5-4-12-24-13-17)16-27(26-22)21-6-2-1-3-7-21/h1-13,16,25H,14-15H2. The summed E-state index contributed by atoms with van der Waals surface area (Å²) >= 11 is 0. The Morgan fingerprint density at radius 2 is 1.70 bits per heavy atom. The Hall–Kier alpha value is -3.31. The van der Waals surface area contributed by atoms with Crippen molar-refractivity contribution < 1.29 is 4.39 Å². The van der Waals surface area contributed by atoms with Crippen LogP contribution < -0.4 is 5.32 Å². The van der Waals surface area contributed by atoms with Crippen LogP contribution in [0.15, 0.2) is 85.3 Å². The first-order chi connectivity index (χ1) is 13.3. The van der Waals surface area contributed by atoms with Gasteiger partial charge in [-0.2, -0.15) is 5.10 Å². The molecule has 0 bridgehead atoms. The summed E-state index contributed by atoms with van der Waals surface area (Å²) in [6.07, 6.45) is 5.63. The molecule has 0 aliphatic rings. The van der Waals surface area contributed by atoms with Gasteiger partial charge in [0.05, 0.1) is 11.4 Å². The molecular weight excluding hydrogens is 339 g/mol. The van der Waals surface area contributed by atoms with Gasteiger partial charge in [-0.05, 0) is 48.0 Å². The maximum Gasteiger partial charge on any atom is 0.123 e. The summed E-state index contributed by atoms with van der Waals surface area (Å²) in [6.45, 7) is 1.36. The summed E-state index contributed by atoms with van der Waals surface area (Å²) in [5.41, 5.74) is 4.90. The van der Waals surface area contributed by atoms with Gasteiger partial charge in [0.1, 0.15) is 5.82 Å². The van der Waals surface area contributed by atoms with Gasteiger partial charge < -0.3 is 5.32 Å². The largest absolute Gasteiger partial charge is 0.308 e. The van der Waals surface area contributed by atoms with Crippen LogP contribution in [-0.2, 0) is 13.1 Å². The Balaban J connectivity index is 1.61. The van der Waals surface area contributed by atoms with Gasteiger partial charge >= 0.3 is 0 Å². The summed E-state index contributed by atoms with van der Waals surface area (Å²) < 4.78 is 15.2. The first kappa shape index (κ1) is 17.1. The molecule has 2 heterocycles. The average molecular weight is 358 g/mol. The van der Waals surface area contributed by atoms with Crippen LogP contribution in [-0.4, -0.2) is 14.8 Å². The van der Waals surface area contributed by atoms with E-state index in [1.54, 1.807) is 18.3 Å². The third-order valence-electron chi connectivity index (χ3n) is 4.30. The van der Waals surface area contributed by atoms with Gasteiger partial charge in [0.2, 0.25) is 0 Å². The lowest BCUT2D eigenvalue weighted by Crippen LogP contribution is -2.13. The second-order valence-corrected chi connectivity index (χ2v) is 6.25. The smallest absolute Gasteiger partial charge is 0.123 e. The van der Waals surface area contributed by atoms with Gasteiger partial charge in [-0.3, -0.25) is 4.98 Å². The molecule has 2 aromatic heterocycles. The predicted molar refractivity (Wildman–Crippen MR) is 104 cm³/mol. The van der Waals surface area contributed by atoms with Gasteiger partial charge in [0.25, 0.3) is 0 Å². The second kappa shape index (κ2) is 7.93. The van der Waals surface area contributed by atoms with Crippen LogP contribution in [0.1, 0.15) is 11.1 Å². The van der Waals surface area contributed by atoms with Crippen molar-refractivity contribution in [3.8, 4) is 16.9 Å². The number of para-hydroxylation sites is 1. The molecule has 0 amide bonds. The molecule has 0 atom stereocenters. The lowest BCUT2D eigenvalue weighted by Gasteiger charge is -2.05. The van der Waals surface area contributed by atoms with Crippen LogP contribution in [0.2, 0.25) is 0 Å². The Kier molecular flexibility index (Phi) is 5.03. The van der Waals surface area contributed by atoms with Crippen LogP contribution in [0.4, 0.5) is 4.39 Å². The fraction of sp³-hybridized carbons (Fsp3) is 0.0909. The molecule has 0 fully saturated rings. The number of hydrogen-bond donors (Lipinski definition) is 1. The molecule has 134 valence electrons. The maximum absolute atomic E-state index is 13.3. The number of aromatic nitrogens is 3. The molecule has 0 unspecified atom stereocenters. The van der Waals surface area contributed by atoms with E-state index < -0.39 is 0 Å². The molecule has 0 saturated heterocycles. The van der Waals surface area contributed by atoms with Crippen LogP contribution in [0.5, 0.6) is 0 Å². The summed E-state index contributed by atoms with van der Waals surface area (Å²) in [5.74, 6) is -0.252. The number of halogens is 1. The van der Waals surface area contributed by atoms with E-state index in [2.05, 4.69) is 10.3 Å². The summed E-state index contributed by atoms with van der Waals surface area (Å²) in [4.78, 5) is 4.14. The van der Waals surface area contributed by atoms with Gasteiger partial charge in [-0.15, -0.1) is 0 Å². The Morgan fingerprint density at radius 1 is 0.889 bits per heavy atom.